The van der Waals surface area contributed by atoms with Crippen molar-refractivity contribution in [3.63, 3.8) is 0 Å². The first-order chi connectivity index (χ1) is 3.83. The van der Waals surface area contributed by atoms with Gasteiger partial charge in [-0.25, -0.2) is 5.84 Å². The van der Waals surface area contributed by atoms with Crippen molar-refractivity contribution >= 4 is 5.82 Å². The summed E-state index contributed by atoms with van der Waals surface area (Å²) in [5.74, 6) is 5.93. The van der Waals surface area contributed by atoms with Gasteiger partial charge in [-0.15, -0.1) is 0 Å². The van der Waals surface area contributed by atoms with E-state index in [1.165, 1.54) is 0 Å². The first kappa shape index (κ1) is 5.18. The van der Waals surface area contributed by atoms with E-state index in [1.54, 1.807) is 0 Å². The average Bonchev–Trinajstić information content (AvgIpc) is 2.14. The maximum atomic E-state index is 5.08. The first-order valence-electron chi connectivity index (χ1n) is 2.45. The number of hydrazine groups is 1. The Balaban J connectivity index is 2.84. The third-order valence-corrected chi connectivity index (χ3v) is 0.987. The van der Waals surface area contributed by atoms with Gasteiger partial charge in [0.05, 0.1) is 0 Å². The summed E-state index contributed by atoms with van der Waals surface area (Å²) in [6.07, 6.45) is 0. The third kappa shape index (κ3) is 0.816. The normalized spacial score (nSPS) is 9.25. The summed E-state index contributed by atoms with van der Waals surface area (Å²) in [5.41, 5.74) is 3.60. The van der Waals surface area contributed by atoms with Crippen LogP contribution >= 0.6 is 0 Å². The SMILES string of the molecule is Cc1ccc(NN)[nH]1. The summed E-state index contributed by atoms with van der Waals surface area (Å²) >= 11 is 0. The molecule has 8 heavy (non-hydrogen) atoms. The predicted molar refractivity (Wildman–Crippen MR) is 33.3 cm³/mol. The summed E-state index contributed by atoms with van der Waals surface area (Å²) in [5, 5.41) is 0. The van der Waals surface area contributed by atoms with Crippen LogP contribution in [0.2, 0.25) is 0 Å². The highest BCUT2D eigenvalue weighted by atomic mass is 15.2. The van der Waals surface area contributed by atoms with Gasteiger partial charge in [0, 0.05) is 5.69 Å². The fraction of sp³-hybridized carbons (Fsp3) is 0.200. The second-order valence-corrected chi connectivity index (χ2v) is 1.70. The van der Waals surface area contributed by atoms with Crippen molar-refractivity contribution in [2.75, 3.05) is 5.43 Å². The van der Waals surface area contributed by atoms with E-state index in [-0.39, 0.29) is 0 Å². The summed E-state index contributed by atoms with van der Waals surface area (Å²) in [7, 11) is 0. The Labute approximate surface area is 47.9 Å². The largest absolute Gasteiger partial charge is 0.345 e. The molecule has 0 spiro atoms. The number of rotatable bonds is 1. The van der Waals surface area contributed by atoms with Crippen molar-refractivity contribution < 1.29 is 0 Å². The lowest BCUT2D eigenvalue weighted by Crippen LogP contribution is -2.06. The highest BCUT2D eigenvalue weighted by Crippen LogP contribution is 2.02. The van der Waals surface area contributed by atoms with E-state index in [0.717, 1.165) is 11.5 Å². The van der Waals surface area contributed by atoms with Crippen LogP contribution in [0.25, 0.3) is 0 Å². The Morgan fingerprint density at radius 2 is 2.38 bits per heavy atom. The number of anilines is 1. The molecule has 1 rings (SSSR count). The van der Waals surface area contributed by atoms with Gasteiger partial charge in [-0.2, -0.15) is 0 Å². The van der Waals surface area contributed by atoms with Crippen LogP contribution in [0.4, 0.5) is 5.82 Å². The Morgan fingerprint density at radius 3 is 2.62 bits per heavy atom. The topological polar surface area (TPSA) is 53.8 Å². The van der Waals surface area contributed by atoms with Gasteiger partial charge in [-0.1, -0.05) is 0 Å². The van der Waals surface area contributed by atoms with E-state index >= 15 is 0 Å². The molecule has 0 unspecified atom stereocenters. The minimum Gasteiger partial charge on any atom is -0.345 e. The number of hydrogen-bond acceptors (Lipinski definition) is 2. The van der Waals surface area contributed by atoms with Crippen molar-refractivity contribution in [3.05, 3.63) is 17.8 Å². The van der Waals surface area contributed by atoms with Gasteiger partial charge in [0.15, 0.2) is 0 Å². The molecule has 0 aromatic carbocycles. The zero-order valence-corrected chi connectivity index (χ0v) is 4.73. The molecule has 3 heteroatoms. The van der Waals surface area contributed by atoms with Crippen molar-refractivity contribution in [3.8, 4) is 0 Å². The first-order valence-corrected chi connectivity index (χ1v) is 2.45. The number of H-pyrrole nitrogens is 1. The molecular formula is C5H9N3. The molecule has 0 aliphatic carbocycles. The standard InChI is InChI=1S/C5H9N3/c1-4-2-3-5(7-4)8-6/h2-3,7-8H,6H2,1H3. The molecule has 0 bridgehead atoms. The molecule has 0 atom stereocenters. The number of nitrogens with two attached hydrogens (primary N) is 1. The van der Waals surface area contributed by atoms with Gasteiger partial charge in [0.1, 0.15) is 5.82 Å². The van der Waals surface area contributed by atoms with Gasteiger partial charge < -0.3 is 10.4 Å². The predicted octanol–water partition coefficient (Wildman–Crippen LogP) is 0.609. The van der Waals surface area contributed by atoms with E-state index in [2.05, 4.69) is 10.4 Å². The van der Waals surface area contributed by atoms with Crippen LogP contribution in [0, 0.1) is 6.92 Å². The minimum absolute atomic E-state index is 0.850. The zero-order chi connectivity index (χ0) is 5.98. The van der Waals surface area contributed by atoms with Crippen molar-refractivity contribution in [2.24, 2.45) is 5.84 Å². The highest BCUT2D eigenvalue weighted by Gasteiger charge is 1.86. The fourth-order valence-electron chi connectivity index (χ4n) is 0.588. The van der Waals surface area contributed by atoms with Crippen LogP contribution in [0.3, 0.4) is 0 Å². The van der Waals surface area contributed by atoms with Gasteiger partial charge in [0.25, 0.3) is 0 Å². The van der Waals surface area contributed by atoms with Crippen LogP contribution in [-0.2, 0) is 0 Å². The zero-order valence-electron chi connectivity index (χ0n) is 4.73. The van der Waals surface area contributed by atoms with Gasteiger partial charge in [0.2, 0.25) is 0 Å². The lowest BCUT2D eigenvalue weighted by molar-refractivity contribution is 1.21. The van der Waals surface area contributed by atoms with Crippen LogP contribution in [0.5, 0.6) is 0 Å². The second-order valence-electron chi connectivity index (χ2n) is 1.70. The van der Waals surface area contributed by atoms with E-state index in [0.29, 0.717) is 0 Å². The van der Waals surface area contributed by atoms with Crippen molar-refractivity contribution in [1.29, 1.82) is 0 Å². The smallest absolute Gasteiger partial charge is 0.117 e. The Bertz CT molecular complexity index is 168. The van der Waals surface area contributed by atoms with Crippen molar-refractivity contribution in [1.82, 2.24) is 4.98 Å². The van der Waals surface area contributed by atoms with Gasteiger partial charge in [-0.3, -0.25) is 0 Å². The molecule has 3 nitrogen and oxygen atoms in total. The molecule has 0 saturated heterocycles. The molecule has 0 aliphatic rings. The molecule has 0 amide bonds. The van der Waals surface area contributed by atoms with E-state index < -0.39 is 0 Å². The number of nitrogens with one attached hydrogen (secondary N) is 2. The monoisotopic (exact) mass is 111 g/mol. The van der Waals surface area contributed by atoms with Crippen LogP contribution in [0.1, 0.15) is 5.69 Å². The van der Waals surface area contributed by atoms with Crippen LogP contribution in [0.15, 0.2) is 12.1 Å². The van der Waals surface area contributed by atoms with E-state index in [1.807, 2.05) is 19.1 Å². The second kappa shape index (κ2) is 1.88. The number of nitrogen functional groups attached to an aromatic ring is 1. The van der Waals surface area contributed by atoms with E-state index in [9.17, 15) is 0 Å². The number of hydrogen-bond donors (Lipinski definition) is 3. The Kier molecular flexibility index (Phi) is 1.22. The maximum Gasteiger partial charge on any atom is 0.117 e. The molecule has 1 heterocycles. The number of aromatic nitrogens is 1. The lowest BCUT2D eigenvalue weighted by Gasteiger charge is -1.89. The molecule has 0 radical (unpaired) electrons. The van der Waals surface area contributed by atoms with Crippen LogP contribution in [-0.4, -0.2) is 4.98 Å². The minimum atomic E-state index is 0.850. The molecule has 1 aromatic rings. The van der Waals surface area contributed by atoms with Gasteiger partial charge in [-0.05, 0) is 19.1 Å². The van der Waals surface area contributed by atoms with E-state index in [4.69, 9.17) is 5.84 Å². The average molecular weight is 111 g/mol. The number of aromatic amines is 1. The van der Waals surface area contributed by atoms with Crippen LogP contribution < -0.4 is 11.3 Å². The summed E-state index contributed by atoms with van der Waals surface area (Å²) in [6, 6.07) is 3.84. The maximum absolute atomic E-state index is 5.08. The summed E-state index contributed by atoms with van der Waals surface area (Å²) in [4.78, 5) is 2.99. The Morgan fingerprint density at radius 1 is 1.62 bits per heavy atom. The summed E-state index contributed by atoms with van der Waals surface area (Å²) < 4.78 is 0. The molecular weight excluding hydrogens is 102 g/mol. The number of aryl methyl sites for hydroxylation is 1. The Hall–Kier alpha value is -0.960. The molecule has 0 aliphatic heterocycles. The fourth-order valence-corrected chi connectivity index (χ4v) is 0.588. The molecule has 0 fully saturated rings. The quantitative estimate of drug-likeness (QED) is 0.367. The third-order valence-electron chi connectivity index (χ3n) is 0.987. The highest BCUT2D eigenvalue weighted by molar-refractivity contribution is 5.34. The van der Waals surface area contributed by atoms with Gasteiger partial charge >= 0.3 is 0 Å². The molecule has 44 valence electrons. The summed E-state index contributed by atoms with van der Waals surface area (Å²) in [6.45, 7) is 1.97. The molecule has 4 N–H and O–H groups in total. The molecule has 1 aromatic heterocycles. The lowest BCUT2D eigenvalue weighted by atomic mass is 10.5. The van der Waals surface area contributed by atoms with Crippen molar-refractivity contribution in [2.45, 2.75) is 6.92 Å². The molecule has 0 saturated carbocycles.